The Kier molecular flexibility index (Phi) is 12.1. The van der Waals surface area contributed by atoms with Gasteiger partial charge in [-0.3, -0.25) is 9.89 Å². The van der Waals surface area contributed by atoms with Gasteiger partial charge in [-0.05, 0) is 49.7 Å². The first kappa shape index (κ1) is 23.0. The van der Waals surface area contributed by atoms with Crippen LogP contribution in [0.25, 0.3) is 0 Å². The first-order valence-corrected chi connectivity index (χ1v) is 12.0. The molecule has 2 rings (SSSR count). The molecule has 1 aromatic rings. The number of aliphatic imine (C=N–C) groups is 1. The summed E-state index contributed by atoms with van der Waals surface area (Å²) in [4.78, 5) is 6.81. The summed E-state index contributed by atoms with van der Waals surface area (Å²) in [6, 6.07) is 10.7. The molecule has 0 unspecified atom stereocenters. The summed E-state index contributed by atoms with van der Waals surface area (Å²) in [5.74, 6) is 2.13. The third-order valence-corrected chi connectivity index (χ3v) is 5.74. The molecule has 0 atom stereocenters. The molecule has 0 saturated carbocycles. The lowest BCUT2D eigenvalue weighted by atomic mass is 10.1. The van der Waals surface area contributed by atoms with E-state index in [4.69, 9.17) is 4.74 Å². The number of guanidine groups is 1. The highest BCUT2D eigenvalue weighted by molar-refractivity contribution is 7.98. The number of likely N-dealkylation sites (tertiary alicyclic amines) is 1. The third-order valence-electron chi connectivity index (χ3n) is 5.04. The zero-order valence-corrected chi connectivity index (χ0v) is 18.5. The lowest BCUT2D eigenvalue weighted by Crippen LogP contribution is -2.39. The minimum absolute atomic E-state index is 0.417. The monoisotopic (exact) mass is 406 g/mol. The Morgan fingerprint density at radius 1 is 1.11 bits per heavy atom. The van der Waals surface area contributed by atoms with Crippen LogP contribution >= 0.6 is 11.8 Å². The molecular weight excluding hydrogens is 368 g/mol. The standard InChI is InChI=1S/C22H38N4OS/c1-23-22(24-13-6-7-18-28-2)25-14-8-17-27-21-11-15-26(16-12-21)19-20-9-4-3-5-10-20/h3-5,9-10,21H,6-8,11-19H2,1-2H3,(H2,23,24,25). The molecule has 1 fully saturated rings. The van der Waals surface area contributed by atoms with E-state index in [2.05, 4.69) is 57.1 Å². The Hall–Kier alpha value is -1.24. The van der Waals surface area contributed by atoms with E-state index >= 15 is 0 Å². The summed E-state index contributed by atoms with van der Waals surface area (Å²) in [5.41, 5.74) is 1.40. The van der Waals surface area contributed by atoms with Gasteiger partial charge in [-0.25, -0.2) is 0 Å². The van der Waals surface area contributed by atoms with Crippen molar-refractivity contribution in [3.05, 3.63) is 35.9 Å². The number of hydrogen-bond donors (Lipinski definition) is 2. The summed E-state index contributed by atoms with van der Waals surface area (Å²) >= 11 is 1.91. The van der Waals surface area contributed by atoms with Gasteiger partial charge in [0.15, 0.2) is 5.96 Å². The fourth-order valence-electron chi connectivity index (χ4n) is 3.40. The summed E-state index contributed by atoms with van der Waals surface area (Å²) in [6.45, 7) is 6.02. The fourth-order valence-corrected chi connectivity index (χ4v) is 3.90. The van der Waals surface area contributed by atoms with Gasteiger partial charge in [0.2, 0.25) is 0 Å². The van der Waals surface area contributed by atoms with Crippen molar-refractivity contribution >= 4 is 17.7 Å². The molecule has 1 heterocycles. The van der Waals surface area contributed by atoms with E-state index in [1.54, 1.807) is 0 Å². The Bertz CT molecular complexity index is 533. The number of piperidine rings is 1. The zero-order chi connectivity index (χ0) is 19.9. The highest BCUT2D eigenvalue weighted by Crippen LogP contribution is 2.16. The van der Waals surface area contributed by atoms with Crippen molar-refractivity contribution in [2.45, 2.75) is 44.8 Å². The maximum atomic E-state index is 6.09. The molecule has 158 valence electrons. The second-order valence-corrected chi connectivity index (χ2v) is 8.30. The van der Waals surface area contributed by atoms with Crippen LogP contribution in [0, 0.1) is 0 Å². The SMILES string of the molecule is CN=C(NCCCCSC)NCCCOC1CCN(Cc2ccccc2)CC1. The van der Waals surface area contributed by atoms with Crippen molar-refractivity contribution in [1.82, 2.24) is 15.5 Å². The molecule has 1 aliphatic heterocycles. The highest BCUT2D eigenvalue weighted by Gasteiger charge is 2.19. The molecule has 0 aliphatic carbocycles. The van der Waals surface area contributed by atoms with Gasteiger partial charge >= 0.3 is 0 Å². The van der Waals surface area contributed by atoms with Gasteiger partial charge < -0.3 is 15.4 Å². The van der Waals surface area contributed by atoms with Crippen molar-refractivity contribution < 1.29 is 4.74 Å². The molecule has 0 spiro atoms. The van der Waals surface area contributed by atoms with Crippen LogP contribution in [-0.2, 0) is 11.3 Å². The number of ether oxygens (including phenoxy) is 1. The predicted molar refractivity (Wildman–Crippen MR) is 122 cm³/mol. The number of nitrogens with one attached hydrogen (secondary N) is 2. The van der Waals surface area contributed by atoms with Gasteiger partial charge in [-0.15, -0.1) is 0 Å². The zero-order valence-electron chi connectivity index (χ0n) is 17.7. The average Bonchev–Trinajstić information content (AvgIpc) is 2.74. The second kappa shape index (κ2) is 14.7. The van der Waals surface area contributed by atoms with E-state index in [1.165, 1.54) is 24.2 Å². The summed E-state index contributed by atoms with van der Waals surface area (Å²) in [7, 11) is 1.83. The number of unbranched alkanes of at least 4 members (excludes halogenated alkanes) is 1. The lowest BCUT2D eigenvalue weighted by Gasteiger charge is -2.32. The number of nitrogens with zero attached hydrogens (tertiary/aromatic N) is 2. The molecule has 6 heteroatoms. The van der Waals surface area contributed by atoms with Crippen molar-refractivity contribution in [2.24, 2.45) is 4.99 Å². The molecule has 5 nitrogen and oxygen atoms in total. The third kappa shape index (κ3) is 9.80. The largest absolute Gasteiger partial charge is 0.378 e. The summed E-state index contributed by atoms with van der Waals surface area (Å²) in [6.07, 6.45) is 8.30. The van der Waals surface area contributed by atoms with Crippen molar-refractivity contribution in [3.63, 3.8) is 0 Å². The van der Waals surface area contributed by atoms with Crippen LogP contribution < -0.4 is 10.6 Å². The second-order valence-electron chi connectivity index (χ2n) is 7.31. The molecule has 1 saturated heterocycles. The summed E-state index contributed by atoms with van der Waals surface area (Å²) in [5, 5.41) is 6.75. The Morgan fingerprint density at radius 3 is 2.50 bits per heavy atom. The Balaban J connectivity index is 1.47. The lowest BCUT2D eigenvalue weighted by molar-refractivity contribution is 0.00534. The van der Waals surface area contributed by atoms with Crippen LogP contribution in [0.2, 0.25) is 0 Å². The molecule has 1 aromatic carbocycles. The van der Waals surface area contributed by atoms with E-state index in [1.807, 2.05) is 18.8 Å². The molecule has 2 N–H and O–H groups in total. The van der Waals surface area contributed by atoms with Gasteiger partial charge in [0.25, 0.3) is 0 Å². The van der Waals surface area contributed by atoms with Crippen LogP contribution in [0.15, 0.2) is 35.3 Å². The van der Waals surface area contributed by atoms with E-state index in [-0.39, 0.29) is 0 Å². The molecule has 0 aromatic heterocycles. The van der Waals surface area contributed by atoms with Crippen LogP contribution in [-0.4, -0.2) is 68.8 Å². The normalized spacial score (nSPS) is 16.3. The molecule has 0 bridgehead atoms. The Morgan fingerprint density at radius 2 is 1.82 bits per heavy atom. The molecule has 28 heavy (non-hydrogen) atoms. The minimum Gasteiger partial charge on any atom is -0.378 e. The number of hydrogen-bond acceptors (Lipinski definition) is 4. The average molecular weight is 407 g/mol. The van der Waals surface area contributed by atoms with Crippen LogP contribution in [0.5, 0.6) is 0 Å². The Labute approximate surface area is 175 Å². The number of rotatable bonds is 12. The first-order chi connectivity index (χ1) is 13.8. The van der Waals surface area contributed by atoms with Crippen molar-refractivity contribution in [2.75, 3.05) is 51.8 Å². The van der Waals surface area contributed by atoms with Gasteiger partial charge in [0.05, 0.1) is 6.10 Å². The quantitative estimate of drug-likeness (QED) is 0.317. The first-order valence-electron chi connectivity index (χ1n) is 10.6. The van der Waals surface area contributed by atoms with E-state index < -0.39 is 0 Å². The van der Waals surface area contributed by atoms with Crippen LogP contribution in [0.3, 0.4) is 0 Å². The van der Waals surface area contributed by atoms with Gasteiger partial charge in [-0.1, -0.05) is 30.3 Å². The van der Waals surface area contributed by atoms with Gasteiger partial charge in [0, 0.05) is 46.4 Å². The molecule has 1 aliphatic rings. The van der Waals surface area contributed by atoms with Crippen molar-refractivity contribution in [3.8, 4) is 0 Å². The van der Waals surface area contributed by atoms with E-state index in [9.17, 15) is 0 Å². The maximum Gasteiger partial charge on any atom is 0.190 e. The molecule has 0 amide bonds. The summed E-state index contributed by atoms with van der Waals surface area (Å²) < 4.78 is 6.09. The predicted octanol–water partition coefficient (Wildman–Crippen LogP) is 3.37. The maximum absolute atomic E-state index is 6.09. The fraction of sp³-hybridized carbons (Fsp3) is 0.682. The van der Waals surface area contributed by atoms with Crippen LogP contribution in [0.4, 0.5) is 0 Å². The topological polar surface area (TPSA) is 48.9 Å². The van der Waals surface area contributed by atoms with Gasteiger partial charge in [-0.2, -0.15) is 11.8 Å². The smallest absolute Gasteiger partial charge is 0.190 e. The van der Waals surface area contributed by atoms with E-state index in [0.29, 0.717) is 6.10 Å². The minimum atomic E-state index is 0.417. The highest BCUT2D eigenvalue weighted by atomic mass is 32.2. The molecule has 0 radical (unpaired) electrons. The van der Waals surface area contributed by atoms with E-state index in [0.717, 1.165) is 64.6 Å². The molecular formula is C22H38N4OS. The number of benzene rings is 1. The van der Waals surface area contributed by atoms with Gasteiger partial charge in [0.1, 0.15) is 0 Å². The van der Waals surface area contributed by atoms with Crippen molar-refractivity contribution in [1.29, 1.82) is 0 Å². The number of thioether (sulfide) groups is 1. The van der Waals surface area contributed by atoms with Crippen LogP contribution in [0.1, 0.15) is 37.7 Å².